The molecule has 7 nitrogen and oxygen atoms in total. The number of rotatable bonds is 4. The number of anilines is 1. The van der Waals surface area contributed by atoms with Gasteiger partial charge < -0.3 is 15.5 Å². The van der Waals surface area contributed by atoms with Crippen molar-refractivity contribution in [1.29, 1.82) is 0 Å². The molecule has 1 fully saturated rings. The lowest BCUT2D eigenvalue weighted by Crippen LogP contribution is -2.58. The second-order valence-electron chi connectivity index (χ2n) is 11.0. The largest absolute Gasteiger partial charge is 0.362 e. The van der Waals surface area contributed by atoms with Gasteiger partial charge in [0.05, 0.1) is 17.2 Å². The summed E-state index contributed by atoms with van der Waals surface area (Å²) in [7, 11) is 0. The lowest BCUT2D eigenvalue weighted by atomic mass is 9.62. The molecule has 1 amide bonds. The summed E-state index contributed by atoms with van der Waals surface area (Å²) in [5.41, 5.74) is 5.29. The third-order valence-corrected chi connectivity index (χ3v) is 8.15. The molecule has 0 saturated carbocycles. The summed E-state index contributed by atoms with van der Waals surface area (Å²) in [5, 5.41) is 15.5. The molecular weight excluding hydrogens is 448 g/mol. The summed E-state index contributed by atoms with van der Waals surface area (Å²) >= 11 is 0. The normalized spacial score (nSPS) is 26.6. The Morgan fingerprint density at radius 2 is 1.89 bits per heavy atom. The Kier molecular flexibility index (Phi) is 5.47. The summed E-state index contributed by atoms with van der Waals surface area (Å²) in [6, 6.07) is 12.9. The minimum Gasteiger partial charge on any atom is -0.362 e. The average Bonchev–Trinajstić information content (AvgIpc) is 3.36. The fourth-order valence-electron chi connectivity index (χ4n) is 6.46. The van der Waals surface area contributed by atoms with Crippen molar-refractivity contribution in [2.75, 3.05) is 18.0 Å². The lowest BCUT2D eigenvalue weighted by Gasteiger charge is -2.48. The number of carbonyl (C=O) groups excluding carboxylic acids is 1. The molecule has 1 aromatic heterocycles. The fraction of sp³-hybridized carbons (Fsp3) is 0.448. The first-order valence-corrected chi connectivity index (χ1v) is 13.2. The molecule has 0 bridgehead atoms. The highest BCUT2D eigenvalue weighted by Crippen LogP contribution is 2.51. The van der Waals surface area contributed by atoms with Gasteiger partial charge in [0.15, 0.2) is 6.17 Å². The predicted molar refractivity (Wildman–Crippen MR) is 141 cm³/mol. The molecule has 2 aromatic rings. The number of pyridine rings is 1. The van der Waals surface area contributed by atoms with Gasteiger partial charge in [0, 0.05) is 42.5 Å². The average molecular weight is 483 g/mol. The highest BCUT2D eigenvalue weighted by Gasteiger charge is 2.53. The number of aromatic nitrogens is 1. The van der Waals surface area contributed by atoms with E-state index in [9.17, 15) is 4.79 Å². The number of amides is 1. The van der Waals surface area contributed by atoms with E-state index < -0.39 is 5.41 Å². The van der Waals surface area contributed by atoms with Crippen molar-refractivity contribution in [1.82, 2.24) is 15.6 Å². The maximum atomic E-state index is 13.6. The summed E-state index contributed by atoms with van der Waals surface area (Å²) in [5.74, 6) is 1.03. The zero-order valence-corrected chi connectivity index (χ0v) is 21.3. The van der Waals surface area contributed by atoms with Gasteiger partial charge in [-0.1, -0.05) is 25.1 Å². The van der Waals surface area contributed by atoms with Crippen LogP contribution in [0.25, 0.3) is 11.1 Å². The number of hydrogen-bond acceptors (Lipinski definition) is 6. The number of hydrogen-bond donors (Lipinski definition) is 2. The Balaban J connectivity index is 1.47. The summed E-state index contributed by atoms with van der Waals surface area (Å²) < 4.78 is 0. The highest BCUT2D eigenvalue weighted by atomic mass is 16.2. The lowest BCUT2D eigenvalue weighted by molar-refractivity contribution is -0.120. The highest BCUT2D eigenvalue weighted by molar-refractivity contribution is 6.00. The van der Waals surface area contributed by atoms with Crippen molar-refractivity contribution in [3.63, 3.8) is 0 Å². The molecule has 1 unspecified atom stereocenters. The standard InChI is InChI=1S/C29H34N6O/c1-4-29(22-18-31-34-26(22)32-23-17-28(2,3)33-27(36)25(23)29)21-10-8-9-19(15-21)20-11-12-30-24(16-20)35-13-6-5-7-14-35/h8-12,15-16,18,26,32H,4-7,13-14,17H2,1-3H3,(H,33,36)/t26?,29-/m1/s1. The van der Waals surface area contributed by atoms with Crippen molar-refractivity contribution in [2.45, 2.75) is 70.0 Å². The van der Waals surface area contributed by atoms with E-state index in [4.69, 9.17) is 0 Å². The van der Waals surface area contributed by atoms with Gasteiger partial charge in [-0.15, -0.1) is 0 Å². The van der Waals surface area contributed by atoms with Crippen LogP contribution in [0.5, 0.6) is 0 Å². The molecule has 0 spiro atoms. The SMILES string of the molecule is CC[C@@]1(c2cccc(-c3ccnc(N4CCCCC4)c3)c2)C2=CN=NC2NC2=C1C(=O)NC(C)(C)C2. The molecule has 2 atom stereocenters. The maximum absolute atomic E-state index is 13.6. The van der Waals surface area contributed by atoms with Crippen LogP contribution >= 0.6 is 0 Å². The number of benzene rings is 1. The third-order valence-electron chi connectivity index (χ3n) is 8.15. The zero-order valence-electron chi connectivity index (χ0n) is 21.3. The molecule has 4 aliphatic heterocycles. The molecule has 1 saturated heterocycles. The first-order valence-electron chi connectivity index (χ1n) is 13.2. The van der Waals surface area contributed by atoms with Crippen molar-refractivity contribution >= 4 is 11.7 Å². The minimum atomic E-state index is -0.589. The van der Waals surface area contributed by atoms with Gasteiger partial charge in [-0.3, -0.25) is 4.79 Å². The quantitative estimate of drug-likeness (QED) is 0.626. The van der Waals surface area contributed by atoms with Gasteiger partial charge in [0.2, 0.25) is 0 Å². The topological polar surface area (TPSA) is 82.0 Å². The van der Waals surface area contributed by atoms with Gasteiger partial charge in [0.25, 0.3) is 5.91 Å². The zero-order chi connectivity index (χ0) is 24.9. The molecule has 36 heavy (non-hydrogen) atoms. The Morgan fingerprint density at radius 1 is 1.08 bits per heavy atom. The van der Waals surface area contributed by atoms with Crippen molar-refractivity contribution in [2.24, 2.45) is 10.2 Å². The van der Waals surface area contributed by atoms with Crippen LogP contribution < -0.4 is 15.5 Å². The maximum Gasteiger partial charge on any atom is 0.250 e. The van der Waals surface area contributed by atoms with Gasteiger partial charge in [-0.05, 0) is 74.4 Å². The molecular formula is C29H34N6O. The van der Waals surface area contributed by atoms with E-state index in [0.29, 0.717) is 0 Å². The molecule has 7 heteroatoms. The van der Waals surface area contributed by atoms with Crippen molar-refractivity contribution in [3.05, 3.63) is 71.2 Å². The molecule has 2 N–H and O–H groups in total. The van der Waals surface area contributed by atoms with Crippen molar-refractivity contribution in [3.8, 4) is 11.1 Å². The first-order chi connectivity index (χ1) is 17.4. The smallest absolute Gasteiger partial charge is 0.250 e. The van der Waals surface area contributed by atoms with Crippen LogP contribution in [0.15, 0.2) is 75.9 Å². The Morgan fingerprint density at radius 3 is 2.69 bits per heavy atom. The first kappa shape index (κ1) is 23.0. The number of azo groups is 1. The van der Waals surface area contributed by atoms with Gasteiger partial charge in [0.1, 0.15) is 5.82 Å². The van der Waals surface area contributed by atoms with E-state index >= 15 is 0 Å². The van der Waals surface area contributed by atoms with Crippen molar-refractivity contribution < 1.29 is 4.79 Å². The molecule has 0 radical (unpaired) electrons. The molecule has 1 aromatic carbocycles. The predicted octanol–water partition coefficient (Wildman–Crippen LogP) is 5.22. The van der Waals surface area contributed by atoms with Crippen LogP contribution in [0.1, 0.15) is 58.4 Å². The van der Waals surface area contributed by atoms with E-state index in [1.807, 2.05) is 12.4 Å². The van der Waals surface area contributed by atoms with E-state index in [2.05, 4.69) is 87.9 Å². The minimum absolute atomic E-state index is 0.0106. The molecule has 5 heterocycles. The number of fused-ring (bicyclic) bond motifs is 1. The second kappa shape index (κ2) is 8.57. The Hall–Kier alpha value is -3.48. The Bertz CT molecular complexity index is 1300. The number of piperidine rings is 1. The Labute approximate surface area is 212 Å². The van der Waals surface area contributed by atoms with E-state index in [1.54, 1.807) is 0 Å². The number of nitrogens with zero attached hydrogens (tertiary/aromatic N) is 4. The molecule has 186 valence electrons. The van der Waals surface area contributed by atoms with E-state index in [0.717, 1.165) is 65.3 Å². The summed E-state index contributed by atoms with van der Waals surface area (Å²) in [4.78, 5) is 20.7. The second-order valence-corrected chi connectivity index (χ2v) is 11.0. The molecule has 0 aliphatic carbocycles. The van der Waals surface area contributed by atoms with Crippen LogP contribution in [-0.4, -0.2) is 35.7 Å². The summed E-state index contributed by atoms with van der Waals surface area (Å²) in [6.07, 6.45) is 8.74. The van der Waals surface area contributed by atoms with Crippen LogP contribution in [0.2, 0.25) is 0 Å². The fourth-order valence-corrected chi connectivity index (χ4v) is 6.46. The van der Waals surface area contributed by atoms with Crippen LogP contribution in [0.4, 0.5) is 5.82 Å². The number of nitrogens with one attached hydrogen (secondary N) is 2. The number of carbonyl (C=O) groups is 1. The monoisotopic (exact) mass is 482 g/mol. The van der Waals surface area contributed by atoms with Crippen LogP contribution in [0.3, 0.4) is 0 Å². The van der Waals surface area contributed by atoms with Gasteiger partial charge in [-0.2, -0.15) is 10.2 Å². The molecule has 4 aliphatic rings. The van der Waals surface area contributed by atoms with E-state index in [-0.39, 0.29) is 17.6 Å². The van der Waals surface area contributed by atoms with Crippen LogP contribution in [-0.2, 0) is 10.2 Å². The van der Waals surface area contributed by atoms with Gasteiger partial charge in [-0.25, -0.2) is 4.98 Å². The van der Waals surface area contributed by atoms with E-state index in [1.165, 1.54) is 19.3 Å². The summed E-state index contributed by atoms with van der Waals surface area (Å²) in [6.45, 7) is 8.42. The molecule has 6 rings (SSSR count). The third kappa shape index (κ3) is 3.64. The van der Waals surface area contributed by atoms with Gasteiger partial charge >= 0.3 is 0 Å². The van der Waals surface area contributed by atoms with Crippen LogP contribution in [0, 0.1) is 0 Å².